The molecule has 0 radical (unpaired) electrons. The molecule has 4 heteroatoms. The fraction of sp³-hybridized carbons (Fsp3) is 0.235. The third-order valence-electron chi connectivity index (χ3n) is 3.08. The van der Waals surface area contributed by atoms with Crippen LogP contribution in [0.1, 0.15) is 18.9 Å². The molecule has 0 atom stereocenters. The molecule has 4 nitrogen and oxygen atoms in total. The zero-order chi connectivity index (χ0) is 15.2. The summed E-state index contributed by atoms with van der Waals surface area (Å²) in [6, 6.07) is 11.2. The lowest BCUT2D eigenvalue weighted by Gasteiger charge is -2.10. The van der Waals surface area contributed by atoms with Crippen LogP contribution in [0.2, 0.25) is 0 Å². The van der Waals surface area contributed by atoms with Crippen LogP contribution in [-0.4, -0.2) is 24.8 Å². The Morgan fingerprint density at radius 3 is 2.76 bits per heavy atom. The van der Waals surface area contributed by atoms with E-state index in [1.54, 1.807) is 6.07 Å². The van der Waals surface area contributed by atoms with Crippen molar-refractivity contribution in [1.29, 1.82) is 0 Å². The molecule has 1 N–H and O–H groups in total. The maximum absolute atomic E-state index is 11.4. The summed E-state index contributed by atoms with van der Waals surface area (Å²) in [7, 11) is 1.43. The number of carboxylic acids is 1. The molecule has 0 bridgehead atoms. The number of benzene rings is 2. The average Bonchev–Trinajstić information content (AvgIpc) is 2.49. The van der Waals surface area contributed by atoms with Gasteiger partial charge in [0.1, 0.15) is 11.3 Å². The number of rotatable bonds is 6. The molecule has 0 aliphatic carbocycles. The molecular weight excluding hydrogens is 268 g/mol. The van der Waals surface area contributed by atoms with Gasteiger partial charge in [-0.25, -0.2) is 4.79 Å². The molecule has 2 aromatic rings. The topological polar surface area (TPSA) is 55.8 Å². The molecule has 0 heterocycles. The summed E-state index contributed by atoms with van der Waals surface area (Å²) in [6.45, 7) is 2.67. The normalized spacial score (nSPS) is 11.4. The van der Waals surface area contributed by atoms with Crippen LogP contribution in [0.4, 0.5) is 0 Å². The van der Waals surface area contributed by atoms with Gasteiger partial charge in [0.2, 0.25) is 0 Å². The first kappa shape index (κ1) is 14.9. The number of aliphatic carboxylic acids is 1. The summed E-state index contributed by atoms with van der Waals surface area (Å²) in [4.78, 5) is 11.4. The van der Waals surface area contributed by atoms with Crippen LogP contribution in [0.5, 0.6) is 5.75 Å². The highest BCUT2D eigenvalue weighted by molar-refractivity contribution is 6.19. The molecule has 0 unspecified atom stereocenters. The molecule has 0 spiro atoms. The molecule has 0 amide bonds. The van der Waals surface area contributed by atoms with Gasteiger partial charge in [-0.2, -0.15) is 0 Å². The van der Waals surface area contributed by atoms with Crippen molar-refractivity contribution in [1.82, 2.24) is 0 Å². The second-order valence-electron chi connectivity index (χ2n) is 4.61. The van der Waals surface area contributed by atoms with Crippen LogP contribution >= 0.6 is 0 Å². The van der Waals surface area contributed by atoms with Crippen molar-refractivity contribution in [2.45, 2.75) is 13.3 Å². The van der Waals surface area contributed by atoms with Crippen molar-refractivity contribution in [3.63, 3.8) is 0 Å². The number of hydrogen-bond acceptors (Lipinski definition) is 3. The summed E-state index contributed by atoms with van der Waals surface area (Å²) in [5, 5.41) is 11.1. The van der Waals surface area contributed by atoms with Crippen LogP contribution in [0, 0.1) is 0 Å². The lowest BCUT2D eigenvalue weighted by molar-refractivity contribution is -0.130. The lowest BCUT2D eigenvalue weighted by atomic mass is 9.99. The van der Waals surface area contributed by atoms with E-state index in [2.05, 4.69) is 0 Å². The first-order valence-corrected chi connectivity index (χ1v) is 6.79. The minimum atomic E-state index is -1.02. The van der Waals surface area contributed by atoms with E-state index in [4.69, 9.17) is 9.47 Å². The fourth-order valence-corrected chi connectivity index (χ4v) is 2.14. The Bertz CT molecular complexity index is 674. The lowest BCUT2D eigenvalue weighted by Crippen LogP contribution is -2.01. The van der Waals surface area contributed by atoms with Gasteiger partial charge < -0.3 is 14.6 Å². The monoisotopic (exact) mass is 286 g/mol. The molecule has 2 rings (SSSR count). The third kappa shape index (κ3) is 3.34. The average molecular weight is 286 g/mol. The zero-order valence-corrected chi connectivity index (χ0v) is 12.1. The molecule has 0 saturated heterocycles. The standard InChI is InChI=1S/C17H18O4/c1-3-9-21-13-8-7-12-5-4-6-14(15(12)10-13)16(11-20-2)17(18)19/h4-8,10-11H,3,9H2,1-2H3,(H,18,19)/b16-11+. The highest BCUT2D eigenvalue weighted by atomic mass is 16.5. The summed E-state index contributed by atoms with van der Waals surface area (Å²) in [6.07, 6.45) is 2.17. The maximum atomic E-state index is 11.4. The quantitative estimate of drug-likeness (QED) is 0.650. The number of carboxylic acid groups (broad SMARTS) is 1. The van der Waals surface area contributed by atoms with E-state index < -0.39 is 5.97 Å². The Labute approximate surface area is 123 Å². The SMILES string of the molecule is CCCOc1ccc2cccc(/C(=C\OC)C(=O)O)c2c1. The van der Waals surface area contributed by atoms with E-state index in [-0.39, 0.29) is 5.57 Å². The van der Waals surface area contributed by atoms with E-state index in [0.29, 0.717) is 12.2 Å². The van der Waals surface area contributed by atoms with Crippen LogP contribution in [0.25, 0.3) is 16.3 Å². The first-order chi connectivity index (χ1) is 10.2. The summed E-state index contributed by atoms with van der Waals surface area (Å²) in [5.41, 5.74) is 0.736. The molecule has 0 fully saturated rings. The number of methoxy groups -OCH3 is 1. The number of ether oxygens (including phenoxy) is 2. The Morgan fingerprint density at radius 1 is 1.29 bits per heavy atom. The van der Waals surface area contributed by atoms with Gasteiger partial charge in [0.05, 0.1) is 20.0 Å². The van der Waals surface area contributed by atoms with Crippen molar-refractivity contribution >= 4 is 22.3 Å². The highest BCUT2D eigenvalue weighted by Gasteiger charge is 2.14. The molecule has 0 aliphatic rings. The van der Waals surface area contributed by atoms with Crippen LogP contribution in [0.3, 0.4) is 0 Å². The van der Waals surface area contributed by atoms with Gasteiger partial charge in [0, 0.05) is 5.56 Å². The van der Waals surface area contributed by atoms with E-state index in [0.717, 1.165) is 22.9 Å². The molecule has 110 valence electrons. The van der Waals surface area contributed by atoms with Gasteiger partial charge in [0.25, 0.3) is 0 Å². The first-order valence-electron chi connectivity index (χ1n) is 6.79. The van der Waals surface area contributed by atoms with Crippen LogP contribution < -0.4 is 4.74 Å². The molecule has 0 aromatic heterocycles. The predicted molar refractivity (Wildman–Crippen MR) is 82.4 cm³/mol. The van der Waals surface area contributed by atoms with E-state index >= 15 is 0 Å². The van der Waals surface area contributed by atoms with E-state index in [9.17, 15) is 9.90 Å². The fourth-order valence-electron chi connectivity index (χ4n) is 2.14. The predicted octanol–water partition coefficient (Wildman–Crippen LogP) is 3.70. The van der Waals surface area contributed by atoms with E-state index in [1.165, 1.54) is 13.4 Å². The van der Waals surface area contributed by atoms with Gasteiger partial charge in [-0.05, 0) is 29.3 Å². The minimum absolute atomic E-state index is 0.121. The van der Waals surface area contributed by atoms with Crippen molar-refractivity contribution in [2.75, 3.05) is 13.7 Å². The molecule has 0 aliphatic heterocycles. The second kappa shape index (κ2) is 6.79. The van der Waals surface area contributed by atoms with Crippen LogP contribution in [0.15, 0.2) is 42.7 Å². The summed E-state index contributed by atoms with van der Waals surface area (Å²) >= 11 is 0. The third-order valence-corrected chi connectivity index (χ3v) is 3.08. The Kier molecular flexibility index (Phi) is 4.82. The molecule has 21 heavy (non-hydrogen) atoms. The summed E-state index contributed by atoms with van der Waals surface area (Å²) in [5.74, 6) is -0.289. The molecule has 2 aromatic carbocycles. The Hall–Kier alpha value is -2.49. The zero-order valence-electron chi connectivity index (χ0n) is 12.1. The van der Waals surface area contributed by atoms with Gasteiger partial charge in [-0.1, -0.05) is 31.2 Å². The maximum Gasteiger partial charge on any atom is 0.339 e. The molecular formula is C17H18O4. The largest absolute Gasteiger partial charge is 0.503 e. The number of carbonyl (C=O) groups is 1. The second-order valence-corrected chi connectivity index (χ2v) is 4.61. The Balaban J connectivity index is 2.57. The van der Waals surface area contributed by atoms with Crippen LogP contribution in [-0.2, 0) is 9.53 Å². The smallest absolute Gasteiger partial charge is 0.339 e. The minimum Gasteiger partial charge on any atom is -0.503 e. The summed E-state index contributed by atoms with van der Waals surface area (Å²) < 4.78 is 10.5. The van der Waals surface area contributed by atoms with Crippen molar-refractivity contribution in [2.24, 2.45) is 0 Å². The molecule has 0 saturated carbocycles. The van der Waals surface area contributed by atoms with Crippen molar-refractivity contribution in [3.8, 4) is 5.75 Å². The van der Waals surface area contributed by atoms with Gasteiger partial charge in [-0.15, -0.1) is 0 Å². The number of hydrogen-bond donors (Lipinski definition) is 1. The van der Waals surface area contributed by atoms with Crippen molar-refractivity contribution < 1.29 is 19.4 Å². The Morgan fingerprint density at radius 2 is 2.10 bits per heavy atom. The van der Waals surface area contributed by atoms with E-state index in [1.807, 2.05) is 37.3 Å². The van der Waals surface area contributed by atoms with Gasteiger partial charge >= 0.3 is 5.97 Å². The van der Waals surface area contributed by atoms with Crippen molar-refractivity contribution in [3.05, 3.63) is 48.2 Å². The van der Waals surface area contributed by atoms with Gasteiger partial charge in [0.15, 0.2) is 0 Å². The number of fused-ring (bicyclic) bond motifs is 1. The van der Waals surface area contributed by atoms with Gasteiger partial charge in [-0.3, -0.25) is 0 Å². The highest BCUT2D eigenvalue weighted by Crippen LogP contribution is 2.29.